The zero-order chi connectivity index (χ0) is 16.0. The summed E-state index contributed by atoms with van der Waals surface area (Å²) in [6.07, 6.45) is -2.46. The minimum atomic E-state index is -4.22. The van der Waals surface area contributed by atoms with Crippen LogP contribution in [0.2, 0.25) is 0 Å². The molecule has 0 bridgehead atoms. The van der Waals surface area contributed by atoms with E-state index in [1.165, 1.54) is 16.2 Å². The van der Waals surface area contributed by atoms with Gasteiger partial charge in [0.2, 0.25) is 0 Å². The summed E-state index contributed by atoms with van der Waals surface area (Å²) in [5, 5.41) is 3.75. The smallest absolute Gasteiger partial charge is 0.337 e. The van der Waals surface area contributed by atoms with E-state index in [0.717, 1.165) is 30.0 Å². The van der Waals surface area contributed by atoms with E-state index in [-0.39, 0.29) is 6.04 Å². The first-order valence-corrected chi connectivity index (χ1v) is 8.12. The Morgan fingerprint density at radius 3 is 2.43 bits per heavy atom. The summed E-state index contributed by atoms with van der Waals surface area (Å²) in [5.74, 6) is 0. The van der Waals surface area contributed by atoms with Gasteiger partial charge in [-0.1, -0.05) is 13.8 Å². The summed E-state index contributed by atoms with van der Waals surface area (Å²) in [7, 11) is 0. The number of thiazole rings is 1. The van der Waals surface area contributed by atoms with Crippen LogP contribution in [0.4, 0.5) is 18.3 Å². The van der Waals surface area contributed by atoms with Crippen molar-refractivity contribution in [3.8, 4) is 0 Å². The molecule has 1 aromatic heterocycles. The molecule has 0 fully saturated rings. The first-order valence-electron chi connectivity index (χ1n) is 7.31. The van der Waals surface area contributed by atoms with Gasteiger partial charge >= 0.3 is 6.18 Å². The number of halogens is 3. The molecule has 1 rings (SSSR count). The van der Waals surface area contributed by atoms with Crippen LogP contribution in [-0.2, 0) is 13.0 Å². The first-order chi connectivity index (χ1) is 9.78. The van der Waals surface area contributed by atoms with Crippen LogP contribution in [0.5, 0.6) is 0 Å². The van der Waals surface area contributed by atoms with Crippen molar-refractivity contribution in [1.29, 1.82) is 0 Å². The number of nitrogens with one attached hydrogen (secondary N) is 1. The van der Waals surface area contributed by atoms with E-state index in [9.17, 15) is 13.2 Å². The zero-order valence-electron chi connectivity index (χ0n) is 13.0. The fourth-order valence-corrected chi connectivity index (χ4v) is 3.20. The zero-order valence-corrected chi connectivity index (χ0v) is 13.9. The lowest BCUT2D eigenvalue weighted by atomic mass is 10.3. The first kappa shape index (κ1) is 18.2. The number of hydrogen-bond donors (Lipinski definition) is 1. The molecule has 1 N–H and O–H groups in total. The number of aryl methyl sites for hydroxylation is 1. The molecule has 0 aliphatic rings. The van der Waals surface area contributed by atoms with Crippen LogP contribution < -0.4 is 10.2 Å². The predicted molar refractivity (Wildman–Crippen MR) is 82.0 cm³/mol. The molecule has 3 nitrogen and oxygen atoms in total. The van der Waals surface area contributed by atoms with E-state index in [1.54, 1.807) is 13.8 Å². The lowest BCUT2D eigenvalue weighted by Gasteiger charge is -2.27. The summed E-state index contributed by atoms with van der Waals surface area (Å²) in [6, 6.07) is -0.237. The Labute approximate surface area is 128 Å². The normalized spacial score (nSPS) is 12.2. The fraction of sp³-hybridized carbons (Fsp3) is 0.786. The summed E-state index contributed by atoms with van der Waals surface area (Å²) in [4.78, 5) is 6.78. The lowest BCUT2D eigenvalue weighted by molar-refractivity contribution is -0.120. The third-order valence-corrected chi connectivity index (χ3v) is 4.17. The van der Waals surface area contributed by atoms with Gasteiger partial charge in [0.05, 0.1) is 5.69 Å². The van der Waals surface area contributed by atoms with Crippen molar-refractivity contribution in [2.24, 2.45) is 0 Å². The van der Waals surface area contributed by atoms with Gasteiger partial charge < -0.3 is 10.2 Å². The molecule has 0 saturated heterocycles. The van der Waals surface area contributed by atoms with Crippen molar-refractivity contribution in [3.05, 3.63) is 10.6 Å². The van der Waals surface area contributed by atoms with Crippen molar-refractivity contribution >= 4 is 16.5 Å². The number of aromatic nitrogens is 1. The van der Waals surface area contributed by atoms with Crippen LogP contribution in [0.15, 0.2) is 0 Å². The van der Waals surface area contributed by atoms with Crippen molar-refractivity contribution in [2.75, 3.05) is 18.0 Å². The maximum Gasteiger partial charge on any atom is 0.406 e. The van der Waals surface area contributed by atoms with Crippen LogP contribution in [0.3, 0.4) is 0 Å². The second-order valence-corrected chi connectivity index (χ2v) is 6.30. The standard InChI is InChI=1S/C14H24F3N3S/c1-5-7-18-8-12-11(6-2)19-13(21-12)20(10(3)4)9-14(15,16)17/h10,18H,5-9H2,1-4H3. The average molecular weight is 323 g/mol. The minimum Gasteiger partial charge on any atom is -0.337 e. The Kier molecular flexibility index (Phi) is 6.93. The minimum absolute atomic E-state index is 0.237. The maximum atomic E-state index is 12.7. The molecule has 0 aliphatic carbocycles. The fourth-order valence-electron chi connectivity index (χ4n) is 1.95. The molecule has 1 heterocycles. The monoisotopic (exact) mass is 323 g/mol. The number of rotatable bonds is 8. The average Bonchev–Trinajstić information content (AvgIpc) is 2.78. The van der Waals surface area contributed by atoms with E-state index < -0.39 is 12.7 Å². The molecule has 0 aliphatic heterocycles. The largest absolute Gasteiger partial charge is 0.406 e. The van der Waals surface area contributed by atoms with Crippen LogP contribution in [0.1, 0.15) is 44.7 Å². The number of alkyl halides is 3. The topological polar surface area (TPSA) is 28.2 Å². The van der Waals surface area contributed by atoms with Crippen molar-refractivity contribution < 1.29 is 13.2 Å². The van der Waals surface area contributed by atoms with Gasteiger partial charge in [0.15, 0.2) is 5.13 Å². The molecule has 0 unspecified atom stereocenters. The Bertz CT molecular complexity index is 430. The molecule has 7 heteroatoms. The van der Waals surface area contributed by atoms with Gasteiger partial charge in [0.25, 0.3) is 0 Å². The summed E-state index contributed by atoms with van der Waals surface area (Å²) in [5.41, 5.74) is 0.895. The molecule has 0 radical (unpaired) electrons. The van der Waals surface area contributed by atoms with E-state index in [0.29, 0.717) is 11.7 Å². The maximum absolute atomic E-state index is 12.7. The molecule has 0 spiro atoms. The number of anilines is 1. The van der Waals surface area contributed by atoms with Crippen LogP contribution in [-0.4, -0.2) is 30.3 Å². The van der Waals surface area contributed by atoms with Gasteiger partial charge in [-0.15, -0.1) is 11.3 Å². The third kappa shape index (κ3) is 5.82. The van der Waals surface area contributed by atoms with E-state index in [4.69, 9.17) is 0 Å². The van der Waals surface area contributed by atoms with Gasteiger partial charge in [-0.2, -0.15) is 13.2 Å². The molecular formula is C14H24F3N3S. The molecule has 21 heavy (non-hydrogen) atoms. The van der Waals surface area contributed by atoms with Crippen molar-refractivity contribution in [2.45, 2.75) is 59.3 Å². The molecule has 122 valence electrons. The van der Waals surface area contributed by atoms with Crippen LogP contribution in [0, 0.1) is 0 Å². The van der Waals surface area contributed by atoms with Gasteiger partial charge in [-0.25, -0.2) is 4.98 Å². The molecule has 0 atom stereocenters. The second-order valence-electron chi connectivity index (χ2n) is 5.23. The Hall–Kier alpha value is -0.820. The molecule has 0 amide bonds. The Morgan fingerprint density at radius 1 is 1.29 bits per heavy atom. The summed E-state index contributed by atoms with van der Waals surface area (Å²) < 4.78 is 38.1. The summed E-state index contributed by atoms with van der Waals surface area (Å²) >= 11 is 1.36. The number of nitrogens with zero attached hydrogens (tertiary/aromatic N) is 2. The SMILES string of the molecule is CCCNCc1sc(N(CC(F)(F)F)C(C)C)nc1CC. The highest BCUT2D eigenvalue weighted by Crippen LogP contribution is 2.30. The second kappa shape index (κ2) is 7.98. The van der Waals surface area contributed by atoms with Crippen molar-refractivity contribution in [3.63, 3.8) is 0 Å². The van der Waals surface area contributed by atoms with Gasteiger partial charge in [-0.05, 0) is 33.2 Å². The van der Waals surface area contributed by atoms with Gasteiger partial charge in [-0.3, -0.25) is 0 Å². The molecule has 0 saturated carbocycles. The van der Waals surface area contributed by atoms with Gasteiger partial charge in [0.1, 0.15) is 6.54 Å². The number of hydrogen-bond acceptors (Lipinski definition) is 4. The van der Waals surface area contributed by atoms with Gasteiger partial charge in [0, 0.05) is 17.5 Å². The van der Waals surface area contributed by atoms with E-state index in [2.05, 4.69) is 17.2 Å². The van der Waals surface area contributed by atoms with Crippen LogP contribution in [0.25, 0.3) is 0 Å². The quantitative estimate of drug-likeness (QED) is 0.733. The molecular weight excluding hydrogens is 299 g/mol. The molecule has 0 aromatic carbocycles. The van der Waals surface area contributed by atoms with Crippen LogP contribution >= 0.6 is 11.3 Å². The molecule has 1 aromatic rings. The van der Waals surface area contributed by atoms with E-state index in [1.807, 2.05) is 6.92 Å². The predicted octanol–water partition coefficient (Wildman–Crippen LogP) is 3.98. The third-order valence-electron chi connectivity index (χ3n) is 3.03. The summed E-state index contributed by atoms with van der Waals surface area (Å²) in [6.45, 7) is 8.19. The van der Waals surface area contributed by atoms with Crippen molar-refractivity contribution in [1.82, 2.24) is 10.3 Å². The lowest BCUT2D eigenvalue weighted by Crippen LogP contribution is -2.39. The highest BCUT2D eigenvalue weighted by Gasteiger charge is 2.33. The highest BCUT2D eigenvalue weighted by molar-refractivity contribution is 7.15. The Morgan fingerprint density at radius 2 is 1.95 bits per heavy atom. The highest BCUT2D eigenvalue weighted by atomic mass is 32.1. The Balaban J connectivity index is 2.93. The van der Waals surface area contributed by atoms with E-state index >= 15 is 0 Å².